The standard InChI is InChI=1S/C5H4BrClN2O/c1-2-3(7)4(6)9-5(10)8-2/h1H3,(H,8,9,10). The van der Waals surface area contributed by atoms with Gasteiger partial charge in [0, 0.05) is 5.69 Å². The van der Waals surface area contributed by atoms with Crippen molar-refractivity contribution in [3.05, 3.63) is 25.8 Å². The van der Waals surface area contributed by atoms with Crippen molar-refractivity contribution in [2.24, 2.45) is 0 Å². The second-order valence-electron chi connectivity index (χ2n) is 1.77. The average molecular weight is 223 g/mol. The van der Waals surface area contributed by atoms with Gasteiger partial charge in [-0.25, -0.2) is 4.79 Å². The van der Waals surface area contributed by atoms with Crippen LogP contribution >= 0.6 is 27.5 Å². The van der Waals surface area contributed by atoms with E-state index in [2.05, 4.69) is 25.9 Å². The third kappa shape index (κ3) is 1.38. The lowest BCUT2D eigenvalue weighted by atomic mass is 10.5. The van der Waals surface area contributed by atoms with Crippen molar-refractivity contribution >= 4 is 27.5 Å². The molecule has 0 aliphatic rings. The van der Waals surface area contributed by atoms with Gasteiger partial charge in [-0.2, -0.15) is 4.98 Å². The van der Waals surface area contributed by atoms with Gasteiger partial charge in [-0.15, -0.1) is 0 Å². The highest BCUT2D eigenvalue weighted by Gasteiger charge is 2.01. The van der Waals surface area contributed by atoms with E-state index >= 15 is 0 Å². The molecule has 0 bridgehead atoms. The number of hydrogen-bond donors (Lipinski definition) is 1. The molecule has 1 rings (SSSR count). The van der Waals surface area contributed by atoms with Gasteiger partial charge < -0.3 is 4.98 Å². The molecule has 1 aromatic heterocycles. The van der Waals surface area contributed by atoms with Gasteiger partial charge in [-0.05, 0) is 22.9 Å². The molecule has 1 N–H and O–H groups in total. The number of rotatable bonds is 0. The van der Waals surface area contributed by atoms with Crippen molar-refractivity contribution < 1.29 is 0 Å². The predicted octanol–water partition coefficient (Wildman–Crippen LogP) is 1.49. The summed E-state index contributed by atoms with van der Waals surface area (Å²) in [6.07, 6.45) is 0. The quantitative estimate of drug-likeness (QED) is 0.678. The SMILES string of the molecule is Cc1[nH]c(=O)nc(Br)c1Cl. The number of aromatic nitrogens is 2. The Morgan fingerprint density at radius 1 is 1.70 bits per heavy atom. The van der Waals surface area contributed by atoms with Crippen LogP contribution in [0, 0.1) is 6.92 Å². The van der Waals surface area contributed by atoms with Gasteiger partial charge in [0.1, 0.15) is 4.60 Å². The minimum atomic E-state index is -0.395. The molecule has 0 radical (unpaired) electrons. The highest BCUT2D eigenvalue weighted by atomic mass is 79.9. The maximum absolute atomic E-state index is 10.6. The van der Waals surface area contributed by atoms with Crippen LogP contribution in [0.1, 0.15) is 5.69 Å². The average Bonchev–Trinajstić information content (AvgIpc) is 1.82. The second-order valence-corrected chi connectivity index (χ2v) is 2.90. The molecule has 1 aromatic rings. The fourth-order valence-corrected chi connectivity index (χ4v) is 1.08. The Morgan fingerprint density at radius 3 is 2.80 bits per heavy atom. The molecule has 5 heteroatoms. The molecular formula is C5H4BrClN2O. The minimum Gasteiger partial charge on any atom is -0.309 e. The van der Waals surface area contributed by atoms with E-state index in [0.717, 1.165) is 0 Å². The molecular weight excluding hydrogens is 219 g/mol. The number of nitrogens with zero attached hydrogens (tertiary/aromatic N) is 1. The van der Waals surface area contributed by atoms with Crippen molar-refractivity contribution in [3.8, 4) is 0 Å². The summed E-state index contributed by atoms with van der Waals surface area (Å²) < 4.78 is 0.385. The van der Waals surface area contributed by atoms with Crippen LogP contribution in [0.2, 0.25) is 5.02 Å². The molecule has 0 aliphatic carbocycles. The normalized spacial score (nSPS) is 9.90. The number of aromatic amines is 1. The second kappa shape index (κ2) is 2.72. The summed E-state index contributed by atoms with van der Waals surface area (Å²) in [5.74, 6) is 0. The van der Waals surface area contributed by atoms with Crippen LogP contribution in [0.4, 0.5) is 0 Å². The van der Waals surface area contributed by atoms with E-state index in [4.69, 9.17) is 11.6 Å². The Morgan fingerprint density at radius 2 is 2.30 bits per heavy atom. The van der Waals surface area contributed by atoms with E-state index in [-0.39, 0.29) is 0 Å². The van der Waals surface area contributed by atoms with Gasteiger partial charge in [0.15, 0.2) is 0 Å². The summed E-state index contributed by atoms with van der Waals surface area (Å²) in [4.78, 5) is 16.6. The van der Waals surface area contributed by atoms with Gasteiger partial charge in [-0.1, -0.05) is 11.6 Å². The minimum absolute atomic E-state index is 0.385. The lowest BCUT2D eigenvalue weighted by Crippen LogP contribution is -2.11. The summed E-state index contributed by atoms with van der Waals surface area (Å²) in [5, 5.41) is 0.444. The Kier molecular flexibility index (Phi) is 2.11. The molecule has 0 aliphatic heterocycles. The third-order valence-corrected chi connectivity index (χ3v) is 2.27. The summed E-state index contributed by atoms with van der Waals surface area (Å²) in [7, 11) is 0. The van der Waals surface area contributed by atoms with Gasteiger partial charge in [-0.3, -0.25) is 0 Å². The largest absolute Gasteiger partial charge is 0.346 e. The van der Waals surface area contributed by atoms with Crippen LogP contribution in [-0.2, 0) is 0 Å². The lowest BCUT2D eigenvalue weighted by Gasteiger charge is -1.95. The maximum Gasteiger partial charge on any atom is 0.346 e. The van der Waals surface area contributed by atoms with Crippen LogP contribution in [0.15, 0.2) is 9.40 Å². The van der Waals surface area contributed by atoms with Crippen LogP contribution in [0.5, 0.6) is 0 Å². The first-order chi connectivity index (χ1) is 4.61. The molecule has 54 valence electrons. The van der Waals surface area contributed by atoms with Crippen molar-refractivity contribution in [3.63, 3.8) is 0 Å². The molecule has 0 saturated carbocycles. The third-order valence-electron chi connectivity index (χ3n) is 1.00. The lowest BCUT2D eigenvalue weighted by molar-refractivity contribution is 1.01. The van der Waals surface area contributed by atoms with Gasteiger partial charge >= 0.3 is 5.69 Å². The molecule has 0 spiro atoms. The Labute approximate surface area is 70.6 Å². The Hall–Kier alpha value is -0.350. The zero-order chi connectivity index (χ0) is 7.72. The highest BCUT2D eigenvalue weighted by molar-refractivity contribution is 9.10. The molecule has 0 amide bonds. The maximum atomic E-state index is 10.6. The summed E-state index contributed by atoms with van der Waals surface area (Å²) in [6, 6.07) is 0. The first kappa shape index (κ1) is 7.75. The first-order valence-electron chi connectivity index (χ1n) is 2.53. The van der Waals surface area contributed by atoms with Crippen LogP contribution in [-0.4, -0.2) is 9.97 Å². The zero-order valence-corrected chi connectivity index (χ0v) is 7.45. The Balaban J connectivity index is 3.46. The molecule has 0 aromatic carbocycles. The topological polar surface area (TPSA) is 45.8 Å². The molecule has 0 saturated heterocycles. The molecule has 3 nitrogen and oxygen atoms in total. The number of halogens is 2. The smallest absolute Gasteiger partial charge is 0.309 e. The number of H-pyrrole nitrogens is 1. The summed E-state index contributed by atoms with van der Waals surface area (Å²) >= 11 is 8.70. The van der Waals surface area contributed by atoms with Crippen molar-refractivity contribution in [2.75, 3.05) is 0 Å². The molecule has 0 fully saturated rings. The van der Waals surface area contributed by atoms with E-state index in [1.54, 1.807) is 6.92 Å². The van der Waals surface area contributed by atoms with Gasteiger partial charge in [0.05, 0.1) is 5.02 Å². The van der Waals surface area contributed by atoms with Crippen LogP contribution in [0.3, 0.4) is 0 Å². The fourth-order valence-electron chi connectivity index (χ4n) is 0.536. The first-order valence-corrected chi connectivity index (χ1v) is 3.70. The summed E-state index contributed by atoms with van der Waals surface area (Å²) in [5.41, 5.74) is 0.224. The summed E-state index contributed by atoms with van der Waals surface area (Å²) in [6.45, 7) is 1.70. The molecule has 0 atom stereocenters. The van der Waals surface area contributed by atoms with Crippen LogP contribution in [0.25, 0.3) is 0 Å². The van der Waals surface area contributed by atoms with E-state index in [9.17, 15) is 4.79 Å². The van der Waals surface area contributed by atoms with E-state index in [0.29, 0.717) is 15.3 Å². The number of nitrogens with one attached hydrogen (secondary N) is 1. The zero-order valence-electron chi connectivity index (χ0n) is 5.11. The van der Waals surface area contributed by atoms with Crippen molar-refractivity contribution in [2.45, 2.75) is 6.92 Å². The predicted molar refractivity (Wildman–Crippen MR) is 42.3 cm³/mol. The van der Waals surface area contributed by atoms with Gasteiger partial charge in [0.2, 0.25) is 0 Å². The monoisotopic (exact) mass is 222 g/mol. The Bertz CT molecular complexity index is 283. The van der Waals surface area contributed by atoms with Gasteiger partial charge in [0.25, 0.3) is 0 Å². The van der Waals surface area contributed by atoms with E-state index in [1.165, 1.54) is 0 Å². The van der Waals surface area contributed by atoms with E-state index in [1.807, 2.05) is 0 Å². The van der Waals surface area contributed by atoms with Crippen LogP contribution < -0.4 is 5.69 Å². The molecule has 1 heterocycles. The molecule has 0 unspecified atom stereocenters. The van der Waals surface area contributed by atoms with Crippen molar-refractivity contribution in [1.29, 1.82) is 0 Å². The van der Waals surface area contributed by atoms with Crippen molar-refractivity contribution in [1.82, 2.24) is 9.97 Å². The molecule has 10 heavy (non-hydrogen) atoms. The fraction of sp³-hybridized carbons (Fsp3) is 0.200. The number of aryl methyl sites for hydroxylation is 1. The highest BCUT2D eigenvalue weighted by Crippen LogP contribution is 2.19. The van der Waals surface area contributed by atoms with E-state index < -0.39 is 5.69 Å². The number of hydrogen-bond acceptors (Lipinski definition) is 2.